The summed E-state index contributed by atoms with van der Waals surface area (Å²) in [5, 5.41) is 0. The molecular formula is C58H106NO8P. The molecule has 2 unspecified atom stereocenters. The third-order valence-electron chi connectivity index (χ3n) is 12.2. The highest BCUT2D eigenvalue weighted by molar-refractivity contribution is 7.47. The van der Waals surface area contributed by atoms with Crippen LogP contribution in [0.3, 0.4) is 0 Å². The van der Waals surface area contributed by atoms with E-state index in [0.717, 1.165) is 64.2 Å². The van der Waals surface area contributed by atoms with Crippen molar-refractivity contribution in [2.45, 2.75) is 270 Å². The van der Waals surface area contributed by atoms with Crippen LogP contribution in [0.25, 0.3) is 0 Å². The van der Waals surface area contributed by atoms with Crippen molar-refractivity contribution in [2.24, 2.45) is 5.73 Å². The first-order valence-corrected chi connectivity index (χ1v) is 29.8. The van der Waals surface area contributed by atoms with Crippen LogP contribution < -0.4 is 5.73 Å². The van der Waals surface area contributed by atoms with Crippen molar-refractivity contribution in [1.29, 1.82) is 0 Å². The van der Waals surface area contributed by atoms with Crippen LogP contribution in [-0.2, 0) is 32.7 Å². The maximum atomic E-state index is 12.7. The minimum absolute atomic E-state index is 0.0547. The lowest BCUT2D eigenvalue weighted by atomic mass is 10.0. The van der Waals surface area contributed by atoms with Crippen molar-refractivity contribution in [1.82, 2.24) is 0 Å². The second-order valence-corrected chi connectivity index (χ2v) is 20.2. The van der Waals surface area contributed by atoms with Gasteiger partial charge in [0, 0.05) is 19.4 Å². The van der Waals surface area contributed by atoms with Crippen molar-refractivity contribution in [2.75, 3.05) is 26.4 Å². The molecule has 0 saturated carbocycles. The number of allylic oxidation sites excluding steroid dienone is 10. The molecule has 9 nitrogen and oxygen atoms in total. The van der Waals surface area contributed by atoms with Crippen LogP contribution in [0.4, 0.5) is 0 Å². The summed E-state index contributed by atoms with van der Waals surface area (Å²) in [6.45, 7) is 3.65. The number of hydrogen-bond acceptors (Lipinski definition) is 8. The summed E-state index contributed by atoms with van der Waals surface area (Å²) < 4.78 is 32.9. The number of unbranched alkanes of at least 4 members (excludes halogenated alkanes) is 30. The number of ether oxygens (including phenoxy) is 2. The number of esters is 2. The third-order valence-corrected chi connectivity index (χ3v) is 13.2. The molecule has 3 N–H and O–H groups in total. The second kappa shape index (κ2) is 54.1. The lowest BCUT2D eigenvalue weighted by Gasteiger charge is -2.19. The minimum Gasteiger partial charge on any atom is -0.462 e. The van der Waals surface area contributed by atoms with E-state index in [1.54, 1.807) is 0 Å². The van der Waals surface area contributed by atoms with Crippen LogP contribution >= 0.6 is 7.82 Å². The molecule has 0 fully saturated rings. The lowest BCUT2D eigenvalue weighted by molar-refractivity contribution is -0.161. The van der Waals surface area contributed by atoms with Crippen molar-refractivity contribution in [3.05, 3.63) is 60.8 Å². The monoisotopic (exact) mass is 976 g/mol. The molecule has 0 aromatic rings. The molecule has 0 amide bonds. The van der Waals surface area contributed by atoms with E-state index in [9.17, 15) is 19.0 Å². The molecule has 0 aliphatic rings. The Morgan fingerprint density at radius 3 is 1.21 bits per heavy atom. The van der Waals surface area contributed by atoms with Crippen molar-refractivity contribution < 1.29 is 37.6 Å². The van der Waals surface area contributed by atoms with Gasteiger partial charge in [-0.2, -0.15) is 0 Å². The van der Waals surface area contributed by atoms with Gasteiger partial charge in [-0.3, -0.25) is 18.6 Å². The van der Waals surface area contributed by atoms with Gasteiger partial charge in [-0.15, -0.1) is 0 Å². The van der Waals surface area contributed by atoms with Gasteiger partial charge in [0.25, 0.3) is 0 Å². The number of nitrogens with two attached hydrogens (primary N) is 1. The largest absolute Gasteiger partial charge is 0.472 e. The van der Waals surface area contributed by atoms with Crippen LogP contribution in [-0.4, -0.2) is 49.3 Å². The summed E-state index contributed by atoms with van der Waals surface area (Å²) in [4.78, 5) is 35.0. The van der Waals surface area contributed by atoms with Crippen LogP contribution in [0.2, 0.25) is 0 Å². The quantitative estimate of drug-likeness (QED) is 0.0264. The highest BCUT2D eigenvalue weighted by Crippen LogP contribution is 2.43. The maximum Gasteiger partial charge on any atom is 0.472 e. The summed E-state index contributed by atoms with van der Waals surface area (Å²) >= 11 is 0. The van der Waals surface area contributed by atoms with Gasteiger partial charge in [0.1, 0.15) is 6.61 Å². The number of carbonyl (C=O) groups is 2. The Bertz CT molecular complexity index is 1300. The highest BCUT2D eigenvalue weighted by Gasteiger charge is 2.26. The molecule has 10 heteroatoms. The second-order valence-electron chi connectivity index (χ2n) is 18.8. The number of hydrogen-bond donors (Lipinski definition) is 2. The molecule has 396 valence electrons. The molecule has 0 aliphatic carbocycles. The molecule has 0 spiro atoms. The Labute approximate surface area is 419 Å². The molecule has 0 bridgehead atoms. The number of phosphoric ester groups is 1. The molecule has 0 aromatic carbocycles. The molecular weight excluding hydrogens is 870 g/mol. The van der Waals surface area contributed by atoms with Gasteiger partial charge in [-0.25, -0.2) is 4.57 Å². The van der Waals surface area contributed by atoms with E-state index >= 15 is 0 Å². The SMILES string of the molecule is CC/C=C\C/C=C\C/C=C\C/C=C\C/C=C\CCCCCCCCCCCCCCCCCCCCCC(=O)OC(COC(=O)CCCCCCCCCCCCCC)COP(=O)(O)OCCN. The average Bonchev–Trinajstić information content (AvgIpc) is 3.33. The summed E-state index contributed by atoms with van der Waals surface area (Å²) in [7, 11) is -4.38. The van der Waals surface area contributed by atoms with E-state index in [2.05, 4.69) is 74.6 Å². The topological polar surface area (TPSA) is 134 Å². The van der Waals surface area contributed by atoms with E-state index in [4.69, 9.17) is 24.3 Å². The van der Waals surface area contributed by atoms with Crippen LogP contribution in [0.1, 0.15) is 264 Å². The summed E-state index contributed by atoms with van der Waals surface area (Å²) in [6.07, 6.45) is 67.2. The third kappa shape index (κ3) is 53.1. The predicted octanol–water partition coefficient (Wildman–Crippen LogP) is 17.6. The molecule has 0 aromatic heterocycles. The molecule has 0 saturated heterocycles. The Morgan fingerprint density at radius 2 is 0.809 bits per heavy atom. The van der Waals surface area contributed by atoms with Crippen LogP contribution in [0.5, 0.6) is 0 Å². The Hall–Kier alpha value is -2.29. The van der Waals surface area contributed by atoms with Gasteiger partial charge >= 0.3 is 19.8 Å². The Morgan fingerprint density at radius 1 is 0.456 bits per heavy atom. The summed E-state index contributed by atoms with van der Waals surface area (Å²) in [6, 6.07) is 0. The van der Waals surface area contributed by atoms with Gasteiger partial charge in [-0.1, -0.05) is 254 Å². The van der Waals surface area contributed by atoms with Gasteiger partial charge < -0.3 is 20.1 Å². The standard InChI is InChI=1S/C58H106NO8P/c1-3-5-7-9-11-13-15-17-18-19-20-21-22-23-24-25-26-27-28-29-30-31-32-33-34-35-36-37-38-39-41-43-45-47-49-51-58(61)67-56(55-66-68(62,63)65-53-52-59)54-64-57(60)50-48-46-44-42-40-16-14-12-10-8-6-4-2/h5,7,11,13,17-18,20-21,23-24,56H,3-4,6,8-10,12,14-16,19,22,25-55,59H2,1-2H3,(H,62,63)/b7-5-,13-11-,18-17-,21-20-,24-23-. The lowest BCUT2D eigenvalue weighted by Crippen LogP contribution is -2.29. The summed E-state index contributed by atoms with van der Waals surface area (Å²) in [5.41, 5.74) is 5.37. The van der Waals surface area contributed by atoms with E-state index in [1.165, 1.54) is 167 Å². The molecule has 0 heterocycles. The fourth-order valence-electron chi connectivity index (χ4n) is 8.02. The predicted molar refractivity (Wildman–Crippen MR) is 289 cm³/mol. The minimum atomic E-state index is -4.38. The van der Waals surface area contributed by atoms with Crippen LogP contribution in [0, 0.1) is 0 Å². The Balaban J connectivity index is 3.82. The normalized spacial score (nSPS) is 13.5. The molecule has 68 heavy (non-hydrogen) atoms. The number of rotatable bonds is 53. The number of phosphoric acid groups is 1. The van der Waals surface area contributed by atoms with E-state index in [-0.39, 0.29) is 38.6 Å². The molecule has 0 aliphatic heterocycles. The van der Waals surface area contributed by atoms with E-state index < -0.39 is 26.5 Å². The first kappa shape index (κ1) is 65.7. The van der Waals surface area contributed by atoms with Gasteiger partial charge in [-0.05, 0) is 57.8 Å². The zero-order valence-corrected chi connectivity index (χ0v) is 45.0. The zero-order chi connectivity index (χ0) is 49.5. The van der Waals surface area contributed by atoms with Gasteiger partial charge in [0.2, 0.25) is 0 Å². The van der Waals surface area contributed by atoms with E-state index in [0.29, 0.717) is 6.42 Å². The van der Waals surface area contributed by atoms with Crippen molar-refractivity contribution in [3.63, 3.8) is 0 Å². The smallest absolute Gasteiger partial charge is 0.462 e. The van der Waals surface area contributed by atoms with Gasteiger partial charge in [0.05, 0.1) is 13.2 Å². The average molecular weight is 976 g/mol. The molecule has 0 rings (SSSR count). The fourth-order valence-corrected chi connectivity index (χ4v) is 8.78. The Kier molecular flexibility index (Phi) is 52.2. The van der Waals surface area contributed by atoms with Crippen molar-refractivity contribution in [3.8, 4) is 0 Å². The first-order chi connectivity index (χ1) is 33.3. The van der Waals surface area contributed by atoms with Crippen molar-refractivity contribution >= 4 is 19.8 Å². The van der Waals surface area contributed by atoms with Crippen LogP contribution in [0.15, 0.2) is 60.8 Å². The fraction of sp³-hybridized carbons (Fsp3) is 0.793. The summed E-state index contributed by atoms with van der Waals surface area (Å²) in [5.74, 6) is -0.817. The highest BCUT2D eigenvalue weighted by atomic mass is 31.2. The molecule has 0 radical (unpaired) electrons. The van der Waals surface area contributed by atoms with Gasteiger partial charge in [0.15, 0.2) is 6.10 Å². The first-order valence-electron chi connectivity index (χ1n) is 28.3. The molecule has 2 atom stereocenters. The maximum absolute atomic E-state index is 12.7. The zero-order valence-electron chi connectivity index (χ0n) is 44.1. The van der Waals surface area contributed by atoms with E-state index in [1.807, 2.05) is 0 Å². The number of carbonyl (C=O) groups excluding carboxylic acids is 2.